The Balaban J connectivity index is 1.75. The van der Waals surface area contributed by atoms with Crippen molar-refractivity contribution < 1.29 is 9.53 Å². The second kappa shape index (κ2) is 8.27. The number of amides is 1. The maximum Gasteiger partial charge on any atom is 0.275 e. The van der Waals surface area contributed by atoms with Crippen LogP contribution in [0, 0.1) is 0 Å². The molecule has 2 aromatic heterocycles. The Hall–Kier alpha value is -2.83. The SMILES string of the molecule is C/C=C/Cn1cc(-c2ccc(C(=O)N3CCOCC3)c(Cl)c2)c2cc[nH]c2c1=O. The summed E-state index contributed by atoms with van der Waals surface area (Å²) in [5, 5.41) is 1.23. The van der Waals surface area contributed by atoms with E-state index in [1.165, 1.54) is 0 Å². The first-order chi connectivity index (χ1) is 14.1. The smallest absolute Gasteiger partial charge is 0.275 e. The summed E-state index contributed by atoms with van der Waals surface area (Å²) in [7, 11) is 0. The average Bonchev–Trinajstić information content (AvgIpc) is 3.24. The highest BCUT2D eigenvalue weighted by molar-refractivity contribution is 6.34. The van der Waals surface area contributed by atoms with Crippen LogP contribution in [0.15, 0.2) is 53.6 Å². The fraction of sp³-hybridized carbons (Fsp3) is 0.273. The molecule has 29 heavy (non-hydrogen) atoms. The fourth-order valence-electron chi connectivity index (χ4n) is 3.58. The molecular weight excluding hydrogens is 390 g/mol. The molecule has 3 heterocycles. The van der Waals surface area contributed by atoms with Gasteiger partial charge in [0.2, 0.25) is 0 Å². The number of rotatable bonds is 4. The van der Waals surface area contributed by atoms with Gasteiger partial charge in [0.15, 0.2) is 0 Å². The molecule has 0 aliphatic carbocycles. The third kappa shape index (κ3) is 3.73. The van der Waals surface area contributed by atoms with E-state index in [-0.39, 0.29) is 11.5 Å². The van der Waals surface area contributed by atoms with Crippen molar-refractivity contribution in [2.75, 3.05) is 26.3 Å². The molecule has 0 bridgehead atoms. The topological polar surface area (TPSA) is 67.3 Å². The number of aromatic nitrogens is 2. The van der Waals surface area contributed by atoms with Gasteiger partial charge in [0.25, 0.3) is 11.5 Å². The quantitative estimate of drug-likeness (QED) is 0.665. The molecule has 1 N–H and O–H groups in total. The Morgan fingerprint density at radius 1 is 1.28 bits per heavy atom. The summed E-state index contributed by atoms with van der Waals surface area (Å²) >= 11 is 6.51. The van der Waals surface area contributed by atoms with E-state index in [9.17, 15) is 9.59 Å². The molecule has 1 amide bonds. The van der Waals surface area contributed by atoms with E-state index in [4.69, 9.17) is 16.3 Å². The highest BCUT2D eigenvalue weighted by Crippen LogP contribution is 2.30. The lowest BCUT2D eigenvalue weighted by Crippen LogP contribution is -2.40. The first-order valence-corrected chi connectivity index (χ1v) is 9.96. The number of halogens is 1. The van der Waals surface area contributed by atoms with Gasteiger partial charge in [-0.2, -0.15) is 0 Å². The van der Waals surface area contributed by atoms with Gasteiger partial charge in [-0.25, -0.2) is 0 Å². The number of nitrogens with zero attached hydrogens (tertiary/aromatic N) is 2. The van der Waals surface area contributed by atoms with Gasteiger partial charge in [0.05, 0.1) is 23.8 Å². The largest absolute Gasteiger partial charge is 0.378 e. The number of hydrogen-bond acceptors (Lipinski definition) is 3. The molecule has 6 nitrogen and oxygen atoms in total. The van der Waals surface area contributed by atoms with Gasteiger partial charge in [0.1, 0.15) is 5.52 Å². The summed E-state index contributed by atoms with van der Waals surface area (Å²) < 4.78 is 6.97. The summed E-state index contributed by atoms with van der Waals surface area (Å²) in [4.78, 5) is 30.3. The fourth-order valence-corrected chi connectivity index (χ4v) is 3.84. The van der Waals surface area contributed by atoms with Crippen molar-refractivity contribution in [2.45, 2.75) is 13.5 Å². The molecule has 1 aliphatic rings. The molecule has 1 aliphatic heterocycles. The van der Waals surface area contributed by atoms with Crippen molar-refractivity contribution in [1.82, 2.24) is 14.5 Å². The number of aromatic amines is 1. The average molecular weight is 412 g/mol. The van der Waals surface area contributed by atoms with Crippen molar-refractivity contribution in [2.24, 2.45) is 0 Å². The molecular formula is C22H22ClN3O3. The normalized spacial score (nSPS) is 14.8. The van der Waals surface area contributed by atoms with Crippen molar-refractivity contribution in [1.29, 1.82) is 0 Å². The standard InChI is InChI=1S/C22H22ClN3O3/c1-2-3-8-26-14-18(16-6-7-24-20(16)22(26)28)15-4-5-17(19(23)13-15)21(27)25-9-11-29-12-10-25/h2-7,13-14,24H,8-12H2,1H3/b3-2+. The third-order valence-electron chi connectivity index (χ3n) is 5.14. The third-order valence-corrected chi connectivity index (χ3v) is 5.46. The molecule has 150 valence electrons. The molecule has 0 radical (unpaired) electrons. The molecule has 0 saturated carbocycles. The number of H-pyrrole nitrogens is 1. The molecule has 1 fully saturated rings. The Morgan fingerprint density at radius 2 is 2.07 bits per heavy atom. The number of carbonyl (C=O) groups excluding carboxylic acids is 1. The van der Waals surface area contributed by atoms with Gasteiger partial charge in [-0.05, 0) is 30.7 Å². The molecule has 7 heteroatoms. The predicted octanol–water partition coefficient (Wildman–Crippen LogP) is 3.70. The zero-order chi connectivity index (χ0) is 20.4. The molecule has 4 rings (SSSR count). The summed E-state index contributed by atoms with van der Waals surface area (Å²) in [5.41, 5.74) is 2.70. The minimum absolute atomic E-state index is 0.0722. The van der Waals surface area contributed by atoms with Gasteiger partial charge in [-0.3, -0.25) is 9.59 Å². The lowest BCUT2D eigenvalue weighted by molar-refractivity contribution is 0.0303. The summed E-state index contributed by atoms with van der Waals surface area (Å²) in [6.45, 7) is 4.62. The first kappa shape index (κ1) is 19.5. The highest BCUT2D eigenvalue weighted by Gasteiger charge is 2.21. The van der Waals surface area contributed by atoms with Crippen molar-refractivity contribution >= 4 is 28.4 Å². The first-order valence-electron chi connectivity index (χ1n) is 9.59. The van der Waals surface area contributed by atoms with E-state index < -0.39 is 0 Å². The molecule has 0 spiro atoms. The van der Waals surface area contributed by atoms with Crippen LogP contribution < -0.4 is 5.56 Å². The van der Waals surface area contributed by atoms with Crippen LogP contribution >= 0.6 is 11.6 Å². The van der Waals surface area contributed by atoms with Gasteiger partial charge in [-0.1, -0.05) is 29.8 Å². The minimum Gasteiger partial charge on any atom is -0.378 e. The lowest BCUT2D eigenvalue weighted by Gasteiger charge is -2.27. The van der Waals surface area contributed by atoms with Gasteiger partial charge >= 0.3 is 0 Å². The number of allylic oxidation sites excluding steroid dienone is 2. The van der Waals surface area contributed by atoms with Crippen molar-refractivity contribution in [3.05, 3.63) is 69.8 Å². The summed E-state index contributed by atoms with van der Waals surface area (Å²) in [5.74, 6) is -0.0882. The number of fused-ring (bicyclic) bond motifs is 1. The van der Waals surface area contributed by atoms with Crippen LogP contribution in [-0.4, -0.2) is 46.7 Å². The molecule has 3 aromatic rings. The number of pyridine rings is 1. The minimum atomic E-state index is -0.0882. The zero-order valence-electron chi connectivity index (χ0n) is 16.2. The van der Waals surface area contributed by atoms with E-state index in [0.29, 0.717) is 49.0 Å². The monoisotopic (exact) mass is 411 g/mol. The van der Waals surface area contributed by atoms with Crippen LogP contribution in [0.25, 0.3) is 22.0 Å². The summed E-state index contributed by atoms with van der Waals surface area (Å²) in [6.07, 6.45) is 7.44. The molecule has 0 atom stereocenters. The highest BCUT2D eigenvalue weighted by atomic mass is 35.5. The van der Waals surface area contributed by atoms with Gasteiger partial charge in [-0.15, -0.1) is 0 Å². The number of benzene rings is 1. The van der Waals surface area contributed by atoms with Crippen LogP contribution in [0.4, 0.5) is 0 Å². The van der Waals surface area contributed by atoms with Gasteiger partial charge in [0, 0.05) is 43.0 Å². The van der Waals surface area contributed by atoms with E-state index in [1.807, 2.05) is 37.4 Å². The maximum absolute atomic E-state index is 12.8. The second-order valence-corrected chi connectivity index (χ2v) is 7.34. The number of nitrogens with one attached hydrogen (secondary N) is 1. The van der Waals surface area contributed by atoms with E-state index >= 15 is 0 Å². The Labute approximate surface area is 173 Å². The van der Waals surface area contributed by atoms with Gasteiger partial charge < -0.3 is 19.2 Å². The number of carbonyl (C=O) groups is 1. The van der Waals surface area contributed by atoms with E-state index in [1.54, 1.807) is 27.8 Å². The number of morpholine rings is 1. The van der Waals surface area contributed by atoms with Crippen LogP contribution in [-0.2, 0) is 11.3 Å². The molecule has 1 aromatic carbocycles. The molecule has 1 saturated heterocycles. The van der Waals surface area contributed by atoms with Crippen molar-refractivity contribution in [3.63, 3.8) is 0 Å². The Kier molecular flexibility index (Phi) is 5.56. The van der Waals surface area contributed by atoms with Crippen molar-refractivity contribution in [3.8, 4) is 11.1 Å². The number of ether oxygens (including phenoxy) is 1. The zero-order valence-corrected chi connectivity index (χ0v) is 16.9. The van der Waals surface area contributed by atoms with Crippen LogP contribution in [0.1, 0.15) is 17.3 Å². The van der Waals surface area contributed by atoms with Crippen LogP contribution in [0.3, 0.4) is 0 Å². The Morgan fingerprint density at radius 3 is 2.79 bits per heavy atom. The van der Waals surface area contributed by atoms with E-state index in [2.05, 4.69) is 4.98 Å². The number of hydrogen-bond donors (Lipinski definition) is 1. The Bertz CT molecular complexity index is 1140. The molecule has 0 unspecified atom stereocenters. The van der Waals surface area contributed by atoms with Crippen LogP contribution in [0.5, 0.6) is 0 Å². The lowest BCUT2D eigenvalue weighted by atomic mass is 10.0. The maximum atomic E-state index is 12.8. The van der Waals surface area contributed by atoms with Crippen LogP contribution in [0.2, 0.25) is 5.02 Å². The summed E-state index contributed by atoms with van der Waals surface area (Å²) in [6, 6.07) is 7.31. The second-order valence-electron chi connectivity index (χ2n) is 6.93. The predicted molar refractivity (Wildman–Crippen MR) is 115 cm³/mol. The van der Waals surface area contributed by atoms with E-state index in [0.717, 1.165) is 16.5 Å².